The molecule has 100 valence electrons. The molecule has 0 heterocycles. The van der Waals surface area contributed by atoms with Gasteiger partial charge in [-0.05, 0) is 49.3 Å². The Bertz CT molecular complexity index is 536. The van der Waals surface area contributed by atoms with E-state index in [1.165, 1.54) is 18.9 Å². The Morgan fingerprint density at radius 3 is 2.72 bits per heavy atom. The number of hydrogen-bond acceptors (Lipinski definition) is 3. The van der Waals surface area contributed by atoms with Crippen LogP contribution in [-0.2, 0) is 10.0 Å². The second-order valence-corrected chi connectivity index (χ2v) is 6.93. The zero-order valence-corrected chi connectivity index (χ0v) is 11.6. The molecule has 3 N–H and O–H groups in total. The van der Waals surface area contributed by atoms with Crippen LogP contribution < -0.4 is 10.5 Å². The van der Waals surface area contributed by atoms with Crippen LogP contribution in [0.15, 0.2) is 23.1 Å². The van der Waals surface area contributed by atoms with Gasteiger partial charge in [-0.15, -0.1) is 0 Å². The minimum atomic E-state index is -3.44. The number of nitrogens with two attached hydrogens (primary N) is 1. The van der Waals surface area contributed by atoms with Gasteiger partial charge in [0.05, 0.1) is 4.90 Å². The molecule has 4 nitrogen and oxygen atoms in total. The van der Waals surface area contributed by atoms with E-state index in [0.29, 0.717) is 24.1 Å². The highest BCUT2D eigenvalue weighted by molar-refractivity contribution is 7.89. The molecular weight excluding hydrogens is 248 g/mol. The molecule has 1 aliphatic rings. The highest BCUT2D eigenvalue weighted by Crippen LogP contribution is 2.36. The first-order valence-corrected chi connectivity index (χ1v) is 7.74. The molecule has 0 amide bonds. The Morgan fingerprint density at radius 1 is 1.44 bits per heavy atom. The van der Waals surface area contributed by atoms with Crippen molar-refractivity contribution < 1.29 is 8.42 Å². The van der Waals surface area contributed by atoms with Crippen molar-refractivity contribution in [3.63, 3.8) is 0 Å². The van der Waals surface area contributed by atoms with Crippen molar-refractivity contribution in [2.75, 3.05) is 12.3 Å². The topological polar surface area (TPSA) is 72.2 Å². The third kappa shape index (κ3) is 3.03. The monoisotopic (exact) mass is 268 g/mol. The van der Waals surface area contributed by atoms with Crippen LogP contribution in [-0.4, -0.2) is 15.0 Å². The lowest BCUT2D eigenvalue weighted by atomic mass is 10.1. The van der Waals surface area contributed by atoms with Crippen LogP contribution in [0.3, 0.4) is 0 Å². The first-order valence-electron chi connectivity index (χ1n) is 6.26. The number of benzene rings is 1. The van der Waals surface area contributed by atoms with E-state index in [1.807, 2.05) is 0 Å². The Labute approximate surface area is 109 Å². The molecule has 0 aromatic heterocycles. The molecule has 1 aliphatic carbocycles. The van der Waals surface area contributed by atoms with Crippen LogP contribution in [0.2, 0.25) is 0 Å². The van der Waals surface area contributed by atoms with Gasteiger partial charge >= 0.3 is 0 Å². The maximum Gasteiger partial charge on any atom is 0.240 e. The van der Waals surface area contributed by atoms with Crippen molar-refractivity contribution in [2.24, 2.45) is 11.8 Å². The summed E-state index contributed by atoms with van der Waals surface area (Å²) < 4.78 is 27.1. The highest BCUT2D eigenvalue weighted by Gasteiger charge is 2.29. The Balaban J connectivity index is 2.11. The van der Waals surface area contributed by atoms with Gasteiger partial charge in [0.25, 0.3) is 0 Å². The smallest absolute Gasteiger partial charge is 0.240 e. The quantitative estimate of drug-likeness (QED) is 0.801. The summed E-state index contributed by atoms with van der Waals surface area (Å²) in [4.78, 5) is 0.283. The predicted octanol–water partition coefficient (Wildman–Crippen LogP) is 1.90. The second kappa shape index (κ2) is 4.90. The number of nitrogens with one attached hydrogen (secondary N) is 1. The standard InChI is InChI=1S/C13H20N2O2S/c1-9-3-6-12(14)7-13(9)18(16,17)15-8-10(2)11-4-5-11/h3,6-7,10-11,15H,4-5,8,14H2,1-2H3. The summed E-state index contributed by atoms with van der Waals surface area (Å²) >= 11 is 0. The Hall–Kier alpha value is -1.07. The fourth-order valence-corrected chi connectivity index (χ4v) is 3.48. The van der Waals surface area contributed by atoms with Crippen molar-refractivity contribution in [2.45, 2.75) is 31.6 Å². The van der Waals surface area contributed by atoms with E-state index in [2.05, 4.69) is 11.6 Å². The van der Waals surface area contributed by atoms with E-state index < -0.39 is 10.0 Å². The van der Waals surface area contributed by atoms with Gasteiger partial charge < -0.3 is 5.73 Å². The molecule has 2 rings (SSSR count). The van der Waals surface area contributed by atoms with E-state index >= 15 is 0 Å². The van der Waals surface area contributed by atoms with Gasteiger partial charge in [0.2, 0.25) is 10.0 Å². The molecule has 1 atom stereocenters. The fourth-order valence-electron chi connectivity index (χ4n) is 2.06. The molecular formula is C13H20N2O2S. The van der Waals surface area contributed by atoms with E-state index in [9.17, 15) is 8.42 Å². The molecule has 1 aromatic rings. The molecule has 18 heavy (non-hydrogen) atoms. The van der Waals surface area contributed by atoms with E-state index in [0.717, 1.165) is 5.56 Å². The van der Waals surface area contributed by atoms with Crippen LogP contribution in [0.25, 0.3) is 0 Å². The molecule has 0 aliphatic heterocycles. The van der Waals surface area contributed by atoms with Gasteiger partial charge in [-0.2, -0.15) is 0 Å². The maximum atomic E-state index is 12.2. The number of rotatable bonds is 5. The maximum absolute atomic E-state index is 12.2. The number of anilines is 1. The third-order valence-electron chi connectivity index (χ3n) is 3.52. The normalized spacial score (nSPS) is 17.7. The molecule has 0 bridgehead atoms. The largest absolute Gasteiger partial charge is 0.399 e. The Kier molecular flexibility index (Phi) is 3.64. The minimum absolute atomic E-state index is 0.283. The lowest BCUT2D eigenvalue weighted by Gasteiger charge is -2.13. The number of hydrogen-bond donors (Lipinski definition) is 2. The molecule has 0 spiro atoms. The first kappa shape index (κ1) is 13.4. The van der Waals surface area contributed by atoms with E-state index in [-0.39, 0.29) is 4.90 Å². The number of aryl methyl sites for hydroxylation is 1. The summed E-state index contributed by atoms with van der Waals surface area (Å²) in [5, 5.41) is 0. The van der Waals surface area contributed by atoms with E-state index in [1.54, 1.807) is 19.1 Å². The minimum Gasteiger partial charge on any atom is -0.399 e. The average Bonchev–Trinajstić information content (AvgIpc) is 3.13. The molecule has 5 heteroatoms. The number of nitrogen functional groups attached to an aromatic ring is 1. The molecule has 0 saturated heterocycles. The van der Waals surface area contributed by atoms with Crippen molar-refractivity contribution in [3.05, 3.63) is 23.8 Å². The molecule has 1 saturated carbocycles. The molecule has 0 radical (unpaired) electrons. The van der Waals surface area contributed by atoms with Gasteiger partial charge in [0.15, 0.2) is 0 Å². The zero-order valence-electron chi connectivity index (χ0n) is 10.8. The summed E-state index contributed by atoms with van der Waals surface area (Å²) in [6.45, 7) is 4.37. The van der Waals surface area contributed by atoms with Crippen molar-refractivity contribution in [1.82, 2.24) is 4.72 Å². The summed E-state index contributed by atoms with van der Waals surface area (Å²) in [5.74, 6) is 1.09. The summed E-state index contributed by atoms with van der Waals surface area (Å²) in [5.41, 5.74) is 6.83. The van der Waals surface area contributed by atoms with Crippen LogP contribution >= 0.6 is 0 Å². The summed E-state index contributed by atoms with van der Waals surface area (Å²) in [6, 6.07) is 4.95. The van der Waals surface area contributed by atoms with Crippen molar-refractivity contribution in [3.8, 4) is 0 Å². The van der Waals surface area contributed by atoms with Gasteiger partial charge in [0, 0.05) is 12.2 Å². The lowest BCUT2D eigenvalue weighted by Crippen LogP contribution is -2.29. The van der Waals surface area contributed by atoms with Crippen LogP contribution in [0.4, 0.5) is 5.69 Å². The Morgan fingerprint density at radius 2 is 2.11 bits per heavy atom. The van der Waals surface area contributed by atoms with Gasteiger partial charge in [-0.1, -0.05) is 13.0 Å². The van der Waals surface area contributed by atoms with E-state index in [4.69, 9.17) is 5.73 Å². The molecule has 1 aromatic carbocycles. The van der Waals surface area contributed by atoms with Crippen molar-refractivity contribution in [1.29, 1.82) is 0 Å². The third-order valence-corrected chi connectivity index (χ3v) is 5.09. The fraction of sp³-hybridized carbons (Fsp3) is 0.538. The zero-order chi connectivity index (χ0) is 13.3. The summed E-state index contributed by atoms with van der Waals surface area (Å²) in [7, 11) is -3.44. The predicted molar refractivity (Wildman–Crippen MR) is 72.7 cm³/mol. The van der Waals surface area contributed by atoms with Crippen molar-refractivity contribution >= 4 is 15.7 Å². The second-order valence-electron chi connectivity index (χ2n) is 5.19. The molecule has 1 fully saturated rings. The first-order chi connectivity index (χ1) is 8.40. The van der Waals surface area contributed by atoms with Crippen LogP contribution in [0.1, 0.15) is 25.3 Å². The van der Waals surface area contributed by atoms with Gasteiger partial charge in [-0.3, -0.25) is 0 Å². The highest BCUT2D eigenvalue weighted by atomic mass is 32.2. The average molecular weight is 268 g/mol. The number of sulfonamides is 1. The SMILES string of the molecule is Cc1ccc(N)cc1S(=O)(=O)NCC(C)C1CC1. The van der Waals surface area contributed by atoms with Gasteiger partial charge in [-0.25, -0.2) is 13.1 Å². The van der Waals surface area contributed by atoms with Crippen LogP contribution in [0, 0.1) is 18.8 Å². The molecule has 1 unspecified atom stereocenters. The van der Waals surface area contributed by atoms with Gasteiger partial charge in [0.1, 0.15) is 0 Å². The lowest BCUT2D eigenvalue weighted by molar-refractivity contribution is 0.491. The summed E-state index contributed by atoms with van der Waals surface area (Å²) in [6.07, 6.45) is 2.44. The van der Waals surface area contributed by atoms with Crippen LogP contribution in [0.5, 0.6) is 0 Å².